The van der Waals surface area contributed by atoms with Gasteiger partial charge in [0, 0.05) is 13.1 Å². The third-order valence-electron chi connectivity index (χ3n) is 2.58. The van der Waals surface area contributed by atoms with E-state index in [-0.39, 0.29) is 5.91 Å². The van der Waals surface area contributed by atoms with Crippen LogP contribution in [0.5, 0.6) is 0 Å². The van der Waals surface area contributed by atoms with E-state index in [9.17, 15) is 4.79 Å². The Bertz CT molecular complexity index is 177. The van der Waals surface area contributed by atoms with Gasteiger partial charge in [0.1, 0.15) is 0 Å². The van der Waals surface area contributed by atoms with Crippen molar-refractivity contribution in [2.75, 3.05) is 13.1 Å². The minimum absolute atomic E-state index is 0.0909. The molecule has 1 heterocycles. The molecule has 0 aromatic rings. The first kappa shape index (κ1) is 9.30. The van der Waals surface area contributed by atoms with Crippen LogP contribution in [0.2, 0.25) is 0 Å². The highest BCUT2D eigenvalue weighted by Crippen LogP contribution is 2.18. The van der Waals surface area contributed by atoms with Gasteiger partial charge in [-0.15, -0.1) is 0 Å². The van der Waals surface area contributed by atoms with Gasteiger partial charge in [0.2, 0.25) is 5.91 Å². The van der Waals surface area contributed by atoms with Gasteiger partial charge in [0.25, 0.3) is 0 Å². The lowest BCUT2D eigenvalue weighted by Crippen LogP contribution is -2.38. The predicted molar refractivity (Wildman–Crippen MR) is 49.8 cm³/mol. The van der Waals surface area contributed by atoms with E-state index in [2.05, 4.69) is 13.5 Å². The highest BCUT2D eigenvalue weighted by atomic mass is 16.2. The molecule has 0 N–H and O–H groups in total. The van der Waals surface area contributed by atoms with E-state index >= 15 is 0 Å². The van der Waals surface area contributed by atoms with Gasteiger partial charge in [-0.25, -0.2) is 0 Å². The molecule has 1 amide bonds. The molecule has 1 atom stereocenters. The molecule has 0 aromatic heterocycles. The third-order valence-corrected chi connectivity index (χ3v) is 2.58. The molecule has 2 heteroatoms. The summed E-state index contributed by atoms with van der Waals surface area (Å²) >= 11 is 0. The number of rotatable bonds is 2. The molecule has 0 saturated carbocycles. The van der Waals surface area contributed by atoms with Crippen LogP contribution in [-0.4, -0.2) is 23.9 Å². The van der Waals surface area contributed by atoms with E-state index in [1.165, 1.54) is 18.9 Å². The van der Waals surface area contributed by atoms with Crippen molar-refractivity contribution < 1.29 is 4.79 Å². The Labute approximate surface area is 74.2 Å². The van der Waals surface area contributed by atoms with Crippen LogP contribution < -0.4 is 0 Å². The average Bonchev–Trinajstić information content (AvgIpc) is 2.17. The molecular formula is C10H17NO. The number of amides is 1. The molecule has 1 saturated heterocycles. The van der Waals surface area contributed by atoms with Crippen molar-refractivity contribution in [2.24, 2.45) is 5.92 Å². The van der Waals surface area contributed by atoms with Crippen LogP contribution in [-0.2, 0) is 4.79 Å². The van der Waals surface area contributed by atoms with Gasteiger partial charge in [-0.05, 0) is 24.8 Å². The van der Waals surface area contributed by atoms with Crippen LogP contribution in [0.15, 0.2) is 12.7 Å². The second-order valence-corrected chi connectivity index (χ2v) is 3.40. The zero-order valence-corrected chi connectivity index (χ0v) is 7.75. The number of nitrogens with zero attached hydrogens (tertiary/aromatic N) is 1. The van der Waals surface area contributed by atoms with Crippen molar-refractivity contribution in [2.45, 2.75) is 26.2 Å². The van der Waals surface area contributed by atoms with Crippen molar-refractivity contribution in [1.82, 2.24) is 4.90 Å². The highest BCUT2D eigenvalue weighted by Gasteiger charge is 2.20. The lowest BCUT2D eigenvalue weighted by atomic mass is 9.96. The molecule has 2 nitrogen and oxygen atoms in total. The number of piperidine rings is 1. The molecular weight excluding hydrogens is 150 g/mol. The zero-order valence-electron chi connectivity index (χ0n) is 7.75. The summed E-state index contributed by atoms with van der Waals surface area (Å²) in [6.45, 7) is 7.53. The minimum atomic E-state index is 0.0909. The maximum Gasteiger partial charge on any atom is 0.245 e. The SMILES string of the molecule is C=CC(=O)N1CCC[C@H](CC)C1. The normalized spacial score (nSPS) is 23.8. The van der Waals surface area contributed by atoms with Gasteiger partial charge in [-0.1, -0.05) is 19.9 Å². The van der Waals surface area contributed by atoms with E-state index in [0.717, 1.165) is 19.5 Å². The van der Waals surface area contributed by atoms with Crippen LogP contribution in [0.3, 0.4) is 0 Å². The topological polar surface area (TPSA) is 20.3 Å². The smallest absolute Gasteiger partial charge is 0.245 e. The number of carbonyl (C=O) groups excluding carboxylic acids is 1. The number of hydrogen-bond donors (Lipinski definition) is 0. The first-order valence-electron chi connectivity index (χ1n) is 4.69. The predicted octanol–water partition coefficient (Wildman–Crippen LogP) is 1.82. The van der Waals surface area contributed by atoms with E-state index < -0.39 is 0 Å². The maximum absolute atomic E-state index is 11.2. The van der Waals surface area contributed by atoms with Gasteiger partial charge in [-0.2, -0.15) is 0 Å². The lowest BCUT2D eigenvalue weighted by Gasteiger charge is -2.31. The fourth-order valence-electron chi connectivity index (χ4n) is 1.73. The van der Waals surface area contributed by atoms with E-state index in [0.29, 0.717) is 5.92 Å². The van der Waals surface area contributed by atoms with Crippen molar-refractivity contribution in [3.05, 3.63) is 12.7 Å². The van der Waals surface area contributed by atoms with Crippen molar-refractivity contribution >= 4 is 5.91 Å². The average molecular weight is 167 g/mol. The first-order chi connectivity index (χ1) is 5.77. The Balaban J connectivity index is 2.45. The molecule has 1 rings (SSSR count). The van der Waals surface area contributed by atoms with Gasteiger partial charge in [0.15, 0.2) is 0 Å². The van der Waals surface area contributed by atoms with Crippen molar-refractivity contribution in [1.29, 1.82) is 0 Å². The van der Waals surface area contributed by atoms with Gasteiger partial charge >= 0.3 is 0 Å². The largest absolute Gasteiger partial charge is 0.339 e. The Morgan fingerprint density at radius 3 is 3.08 bits per heavy atom. The second kappa shape index (κ2) is 4.29. The summed E-state index contributed by atoms with van der Waals surface area (Å²) in [5.74, 6) is 0.802. The molecule has 0 bridgehead atoms. The monoisotopic (exact) mass is 167 g/mol. The van der Waals surface area contributed by atoms with Crippen LogP contribution >= 0.6 is 0 Å². The summed E-state index contributed by atoms with van der Waals surface area (Å²) in [5.41, 5.74) is 0. The summed E-state index contributed by atoms with van der Waals surface area (Å²) in [6, 6.07) is 0. The first-order valence-corrected chi connectivity index (χ1v) is 4.69. The van der Waals surface area contributed by atoms with Crippen molar-refractivity contribution in [3.63, 3.8) is 0 Å². The Kier molecular flexibility index (Phi) is 3.32. The molecule has 1 fully saturated rings. The fraction of sp³-hybridized carbons (Fsp3) is 0.700. The zero-order chi connectivity index (χ0) is 8.97. The van der Waals surface area contributed by atoms with Gasteiger partial charge in [-0.3, -0.25) is 4.79 Å². The molecule has 0 unspecified atom stereocenters. The number of likely N-dealkylation sites (tertiary alicyclic amines) is 1. The molecule has 0 spiro atoms. The van der Waals surface area contributed by atoms with E-state index in [1.54, 1.807) is 0 Å². The van der Waals surface area contributed by atoms with Crippen molar-refractivity contribution in [3.8, 4) is 0 Å². The lowest BCUT2D eigenvalue weighted by molar-refractivity contribution is -0.127. The summed E-state index contributed by atoms with van der Waals surface area (Å²) in [5, 5.41) is 0. The Morgan fingerprint density at radius 1 is 1.75 bits per heavy atom. The summed E-state index contributed by atoms with van der Waals surface area (Å²) in [4.78, 5) is 13.1. The highest BCUT2D eigenvalue weighted by molar-refractivity contribution is 5.87. The Hall–Kier alpha value is -0.790. The summed E-state index contributed by atoms with van der Waals surface area (Å²) < 4.78 is 0. The minimum Gasteiger partial charge on any atom is -0.339 e. The molecule has 1 aliphatic heterocycles. The molecule has 1 aliphatic rings. The van der Waals surface area contributed by atoms with E-state index in [1.807, 2.05) is 4.90 Å². The molecule has 0 aromatic carbocycles. The fourth-order valence-corrected chi connectivity index (χ4v) is 1.73. The third kappa shape index (κ3) is 2.10. The number of hydrogen-bond acceptors (Lipinski definition) is 1. The maximum atomic E-state index is 11.2. The molecule has 68 valence electrons. The number of carbonyl (C=O) groups is 1. The van der Waals surface area contributed by atoms with Crippen LogP contribution in [0.4, 0.5) is 0 Å². The van der Waals surface area contributed by atoms with Crippen LogP contribution in [0.1, 0.15) is 26.2 Å². The molecule has 0 radical (unpaired) electrons. The second-order valence-electron chi connectivity index (χ2n) is 3.40. The summed E-state index contributed by atoms with van der Waals surface area (Å²) in [6.07, 6.45) is 5.02. The standard InChI is InChI=1S/C10H17NO/c1-3-9-6-5-7-11(8-9)10(12)4-2/h4,9H,2-3,5-8H2,1H3/t9-/m0/s1. The molecule has 0 aliphatic carbocycles. The van der Waals surface area contributed by atoms with Gasteiger partial charge < -0.3 is 4.90 Å². The van der Waals surface area contributed by atoms with Crippen LogP contribution in [0, 0.1) is 5.92 Å². The van der Waals surface area contributed by atoms with E-state index in [4.69, 9.17) is 0 Å². The summed E-state index contributed by atoms with van der Waals surface area (Å²) in [7, 11) is 0. The Morgan fingerprint density at radius 2 is 2.50 bits per heavy atom. The van der Waals surface area contributed by atoms with Gasteiger partial charge in [0.05, 0.1) is 0 Å². The van der Waals surface area contributed by atoms with Crippen LogP contribution in [0.25, 0.3) is 0 Å². The molecule has 12 heavy (non-hydrogen) atoms. The quantitative estimate of drug-likeness (QED) is 0.574.